The number of nitrogens with one attached hydrogen (secondary N) is 1. The van der Waals surface area contributed by atoms with Gasteiger partial charge in [0.2, 0.25) is 0 Å². The highest BCUT2D eigenvalue weighted by atomic mass is 16.5. The van der Waals surface area contributed by atoms with Crippen LogP contribution >= 0.6 is 0 Å². The summed E-state index contributed by atoms with van der Waals surface area (Å²) in [6.07, 6.45) is 5.95. The Hall–Kier alpha value is -2.63. The first-order valence-electron chi connectivity index (χ1n) is 9.77. The topological polar surface area (TPSA) is 67.3 Å². The summed E-state index contributed by atoms with van der Waals surface area (Å²) < 4.78 is 5.63. The molecule has 0 saturated carbocycles. The first kappa shape index (κ1) is 19.1. The molecule has 6 heteroatoms. The van der Waals surface area contributed by atoms with E-state index < -0.39 is 0 Å². The summed E-state index contributed by atoms with van der Waals surface area (Å²) in [4.78, 5) is 23.3. The van der Waals surface area contributed by atoms with E-state index in [1.54, 1.807) is 12.1 Å². The summed E-state index contributed by atoms with van der Waals surface area (Å²) in [5, 5.41) is 2.86. The van der Waals surface area contributed by atoms with Crippen molar-refractivity contribution in [2.75, 3.05) is 29.9 Å². The van der Waals surface area contributed by atoms with E-state index in [1.807, 2.05) is 18.2 Å². The lowest BCUT2D eigenvalue weighted by Gasteiger charge is -2.31. The highest BCUT2D eigenvalue weighted by Gasteiger charge is 2.17. The second kappa shape index (κ2) is 9.35. The third kappa shape index (κ3) is 5.42. The van der Waals surface area contributed by atoms with Crippen molar-refractivity contribution in [3.63, 3.8) is 0 Å². The van der Waals surface area contributed by atoms with E-state index >= 15 is 0 Å². The van der Waals surface area contributed by atoms with Crippen LogP contribution < -0.4 is 15.0 Å². The molecule has 1 aliphatic rings. The number of aromatic nitrogens is 2. The molecule has 1 amide bonds. The molecule has 0 spiro atoms. The van der Waals surface area contributed by atoms with Crippen molar-refractivity contribution < 1.29 is 9.53 Å². The van der Waals surface area contributed by atoms with Gasteiger partial charge >= 0.3 is 0 Å². The second-order valence-electron chi connectivity index (χ2n) is 7.11. The number of hydrogen-bond acceptors (Lipinski definition) is 5. The van der Waals surface area contributed by atoms with Crippen LogP contribution in [0.25, 0.3) is 0 Å². The highest BCUT2D eigenvalue weighted by molar-refractivity contribution is 6.03. The Balaban J connectivity index is 1.59. The maximum absolute atomic E-state index is 12.5. The minimum absolute atomic E-state index is 0.188. The smallest absolute Gasteiger partial charge is 0.256 e. The standard InChI is InChI=1S/C21H28N4O2/c1-3-4-13-27-18-7-5-17(6-8-18)21(26)24-19-14-20(23-15-22-19)25-11-9-16(2)10-12-25/h5-8,14-16H,3-4,9-13H2,1-2H3,(H,22,23,24,26). The molecule has 0 aliphatic carbocycles. The van der Waals surface area contributed by atoms with Gasteiger partial charge in [-0.05, 0) is 49.4 Å². The van der Waals surface area contributed by atoms with Crippen LogP contribution in [-0.4, -0.2) is 35.6 Å². The molecule has 1 aromatic carbocycles. The number of amides is 1. The first-order chi connectivity index (χ1) is 13.2. The van der Waals surface area contributed by atoms with Crippen LogP contribution in [0.15, 0.2) is 36.7 Å². The van der Waals surface area contributed by atoms with Crippen LogP contribution in [0.1, 0.15) is 49.9 Å². The molecule has 0 radical (unpaired) electrons. The molecule has 2 heterocycles. The van der Waals surface area contributed by atoms with E-state index in [1.165, 1.54) is 19.2 Å². The van der Waals surface area contributed by atoms with Crippen LogP contribution in [0, 0.1) is 5.92 Å². The van der Waals surface area contributed by atoms with Crippen molar-refractivity contribution in [1.29, 1.82) is 0 Å². The van der Waals surface area contributed by atoms with Gasteiger partial charge in [-0.25, -0.2) is 9.97 Å². The number of rotatable bonds is 7. The van der Waals surface area contributed by atoms with Crippen LogP contribution in [0.5, 0.6) is 5.75 Å². The van der Waals surface area contributed by atoms with Crippen molar-refractivity contribution in [3.8, 4) is 5.75 Å². The minimum atomic E-state index is -0.188. The summed E-state index contributed by atoms with van der Waals surface area (Å²) in [6, 6.07) is 9.03. The van der Waals surface area contributed by atoms with E-state index in [4.69, 9.17) is 4.74 Å². The van der Waals surface area contributed by atoms with Crippen molar-refractivity contribution in [2.24, 2.45) is 5.92 Å². The Labute approximate surface area is 161 Å². The Morgan fingerprint density at radius 3 is 2.67 bits per heavy atom. The predicted octanol–water partition coefficient (Wildman–Crippen LogP) is 4.14. The molecule has 0 atom stereocenters. The van der Waals surface area contributed by atoms with Gasteiger partial charge in [0.15, 0.2) is 0 Å². The zero-order chi connectivity index (χ0) is 19.1. The first-order valence-corrected chi connectivity index (χ1v) is 9.77. The van der Waals surface area contributed by atoms with E-state index in [-0.39, 0.29) is 5.91 Å². The monoisotopic (exact) mass is 368 g/mol. The molecule has 1 fully saturated rings. The van der Waals surface area contributed by atoms with Gasteiger partial charge in [0.1, 0.15) is 23.7 Å². The number of benzene rings is 1. The number of carbonyl (C=O) groups is 1. The zero-order valence-electron chi connectivity index (χ0n) is 16.1. The lowest BCUT2D eigenvalue weighted by atomic mass is 9.99. The average Bonchev–Trinajstić information content (AvgIpc) is 2.69. The van der Waals surface area contributed by atoms with E-state index in [2.05, 4.69) is 34.0 Å². The van der Waals surface area contributed by atoms with Gasteiger partial charge in [-0.3, -0.25) is 4.79 Å². The summed E-state index contributed by atoms with van der Waals surface area (Å²) in [5.74, 6) is 2.74. The largest absolute Gasteiger partial charge is 0.494 e. The maximum atomic E-state index is 12.5. The third-order valence-electron chi connectivity index (χ3n) is 4.88. The minimum Gasteiger partial charge on any atom is -0.494 e. The number of nitrogens with zero attached hydrogens (tertiary/aromatic N) is 3. The van der Waals surface area contributed by atoms with Crippen molar-refractivity contribution in [1.82, 2.24) is 9.97 Å². The fourth-order valence-corrected chi connectivity index (χ4v) is 3.05. The van der Waals surface area contributed by atoms with Gasteiger partial charge in [-0.15, -0.1) is 0 Å². The molecule has 1 aromatic heterocycles. The number of piperidine rings is 1. The van der Waals surface area contributed by atoms with Crippen molar-refractivity contribution in [3.05, 3.63) is 42.2 Å². The quantitative estimate of drug-likeness (QED) is 0.744. The van der Waals surface area contributed by atoms with Gasteiger partial charge in [0, 0.05) is 24.7 Å². The third-order valence-corrected chi connectivity index (χ3v) is 4.88. The number of carbonyl (C=O) groups excluding carboxylic acids is 1. The van der Waals surface area contributed by atoms with E-state index in [0.717, 1.165) is 43.4 Å². The predicted molar refractivity (Wildman–Crippen MR) is 107 cm³/mol. The summed E-state index contributed by atoms with van der Waals surface area (Å²) in [5.41, 5.74) is 0.574. The normalized spacial score (nSPS) is 14.8. The molecular formula is C21H28N4O2. The molecule has 27 heavy (non-hydrogen) atoms. The van der Waals surface area contributed by atoms with Gasteiger partial charge in [0.25, 0.3) is 5.91 Å². The molecule has 144 valence electrons. The molecule has 6 nitrogen and oxygen atoms in total. The van der Waals surface area contributed by atoms with Gasteiger partial charge in [-0.2, -0.15) is 0 Å². The number of ether oxygens (including phenoxy) is 1. The fourth-order valence-electron chi connectivity index (χ4n) is 3.05. The molecule has 0 unspecified atom stereocenters. The summed E-state index contributed by atoms with van der Waals surface area (Å²) in [6.45, 7) is 7.08. The zero-order valence-corrected chi connectivity index (χ0v) is 16.1. The molecule has 2 aromatic rings. The van der Waals surface area contributed by atoms with E-state index in [9.17, 15) is 4.79 Å². The Bertz CT molecular complexity index is 740. The van der Waals surface area contributed by atoms with Crippen molar-refractivity contribution in [2.45, 2.75) is 39.5 Å². The SMILES string of the molecule is CCCCOc1ccc(C(=O)Nc2cc(N3CCC(C)CC3)ncn2)cc1. The second-order valence-corrected chi connectivity index (χ2v) is 7.11. The molecular weight excluding hydrogens is 340 g/mol. The van der Waals surface area contributed by atoms with Gasteiger partial charge < -0.3 is 15.0 Å². The Kier molecular flexibility index (Phi) is 6.63. The summed E-state index contributed by atoms with van der Waals surface area (Å²) >= 11 is 0. The Morgan fingerprint density at radius 2 is 1.96 bits per heavy atom. The maximum Gasteiger partial charge on any atom is 0.256 e. The molecule has 1 N–H and O–H groups in total. The van der Waals surface area contributed by atoms with Crippen LogP contribution in [0.2, 0.25) is 0 Å². The van der Waals surface area contributed by atoms with Crippen molar-refractivity contribution >= 4 is 17.5 Å². The van der Waals surface area contributed by atoms with Gasteiger partial charge in [0.05, 0.1) is 6.61 Å². The van der Waals surface area contributed by atoms with Crippen LogP contribution in [0.4, 0.5) is 11.6 Å². The lowest BCUT2D eigenvalue weighted by Crippen LogP contribution is -2.33. The summed E-state index contributed by atoms with van der Waals surface area (Å²) in [7, 11) is 0. The molecule has 3 rings (SSSR count). The average molecular weight is 368 g/mol. The van der Waals surface area contributed by atoms with Crippen LogP contribution in [-0.2, 0) is 0 Å². The van der Waals surface area contributed by atoms with E-state index in [0.29, 0.717) is 18.0 Å². The molecule has 1 saturated heterocycles. The lowest BCUT2D eigenvalue weighted by molar-refractivity contribution is 0.102. The van der Waals surface area contributed by atoms with Gasteiger partial charge in [-0.1, -0.05) is 20.3 Å². The number of hydrogen-bond donors (Lipinski definition) is 1. The highest BCUT2D eigenvalue weighted by Crippen LogP contribution is 2.22. The molecule has 0 bridgehead atoms. The number of anilines is 2. The number of unbranched alkanes of at least 4 members (excludes halogenated alkanes) is 1. The fraction of sp³-hybridized carbons (Fsp3) is 0.476. The molecule has 1 aliphatic heterocycles. The van der Waals surface area contributed by atoms with Crippen LogP contribution in [0.3, 0.4) is 0 Å². The Morgan fingerprint density at radius 1 is 1.22 bits per heavy atom.